The van der Waals surface area contributed by atoms with E-state index in [4.69, 9.17) is 11.6 Å². The number of amides is 1. The standard InChI is InChI=1S/C11H11BrClNO/c1-6-4-8(6)11(15)14-7-2-3-9(12)10(13)5-7/h2-3,5-6,8H,4H2,1H3,(H,14,15)/t6-,8+/m1/s1. The number of rotatable bonds is 2. The molecule has 1 aromatic carbocycles. The third kappa shape index (κ3) is 2.52. The molecule has 1 saturated carbocycles. The van der Waals surface area contributed by atoms with Crippen LogP contribution in [-0.2, 0) is 4.79 Å². The van der Waals surface area contributed by atoms with Crippen LogP contribution in [0, 0.1) is 11.8 Å². The summed E-state index contributed by atoms with van der Waals surface area (Å²) in [5.74, 6) is 0.809. The summed E-state index contributed by atoms with van der Waals surface area (Å²) in [5.41, 5.74) is 0.757. The van der Waals surface area contributed by atoms with Gasteiger partial charge in [0.05, 0.1) is 5.02 Å². The first kappa shape index (κ1) is 11.0. The molecule has 1 amide bonds. The van der Waals surface area contributed by atoms with E-state index in [1.807, 2.05) is 12.1 Å². The average molecular weight is 289 g/mol. The molecular weight excluding hydrogens is 277 g/mol. The maximum atomic E-state index is 11.6. The molecule has 15 heavy (non-hydrogen) atoms. The summed E-state index contributed by atoms with van der Waals surface area (Å²) in [6.45, 7) is 2.08. The summed E-state index contributed by atoms with van der Waals surface area (Å²) in [7, 11) is 0. The largest absolute Gasteiger partial charge is 0.326 e. The zero-order chi connectivity index (χ0) is 11.0. The van der Waals surface area contributed by atoms with Gasteiger partial charge in [-0.1, -0.05) is 18.5 Å². The zero-order valence-corrected chi connectivity index (χ0v) is 10.6. The fourth-order valence-corrected chi connectivity index (χ4v) is 1.92. The SMILES string of the molecule is C[C@@H]1C[C@@H]1C(=O)Nc1ccc(Br)c(Cl)c1. The van der Waals surface area contributed by atoms with Gasteiger partial charge in [0.25, 0.3) is 0 Å². The third-order valence-electron chi connectivity index (χ3n) is 2.63. The van der Waals surface area contributed by atoms with Gasteiger partial charge < -0.3 is 5.32 Å². The monoisotopic (exact) mass is 287 g/mol. The highest BCUT2D eigenvalue weighted by Crippen LogP contribution is 2.38. The Morgan fingerprint density at radius 3 is 2.80 bits per heavy atom. The number of hydrogen-bond donors (Lipinski definition) is 1. The van der Waals surface area contributed by atoms with Crippen LogP contribution in [0.4, 0.5) is 5.69 Å². The van der Waals surface area contributed by atoms with Gasteiger partial charge in [-0.25, -0.2) is 0 Å². The number of carbonyl (C=O) groups is 1. The van der Waals surface area contributed by atoms with Crippen LogP contribution in [0.2, 0.25) is 5.02 Å². The van der Waals surface area contributed by atoms with Gasteiger partial charge in [0.1, 0.15) is 0 Å². The Bertz CT molecular complexity index is 408. The predicted molar refractivity (Wildman–Crippen MR) is 65.1 cm³/mol. The van der Waals surface area contributed by atoms with Crippen molar-refractivity contribution in [3.8, 4) is 0 Å². The number of hydrogen-bond acceptors (Lipinski definition) is 1. The Kier molecular flexibility index (Phi) is 3.03. The Hall–Kier alpha value is -0.540. The quantitative estimate of drug-likeness (QED) is 0.883. The summed E-state index contributed by atoms with van der Waals surface area (Å²) in [4.78, 5) is 11.6. The Balaban J connectivity index is 2.04. The Morgan fingerprint density at radius 1 is 1.60 bits per heavy atom. The number of halogens is 2. The van der Waals surface area contributed by atoms with Gasteiger partial charge in [-0.15, -0.1) is 0 Å². The molecule has 2 nitrogen and oxygen atoms in total. The molecule has 1 aliphatic carbocycles. The molecule has 0 heterocycles. The molecule has 0 aromatic heterocycles. The molecule has 1 aliphatic rings. The second kappa shape index (κ2) is 4.14. The summed E-state index contributed by atoms with van der Waals surface area (Å²) in [6, 6.07) is 5.41. The van der Waals surface area contributed by atoms with Gasteiger partial charge in [0.15, 0.2) is 0 Å². The highest BCUT2D eigenvalue weighted by atomic mass is 79.9. The van der Waals surface area contributed by atoms with Crippen LogP contribution in [0.5, 0.6) is 0 Å². The lowest BCUT2D eigenvalue weighted by Crippen LogP contribution is -2.14. The first-order valence-corrected chi connectivity index (χ1v) is 6.01. The van der Waals surface area contributed by atoms with Crippen molar-refractivity contribution < 1.29 is 4.79 Å². The summed E-state index contributed by atoms with van der Waals surface area (Å²) in [5, 5.41) is 3.47. The van der Waals surface area contributed by atoms with Gasteiger partial charge >= 0.3 is 0 Å². The maximum Gasteiger partial charge on any atom is 0.227 e. The van der Waals surface area contributed by atoms with Crippen molar-refractivity contribution in [3.63, 3.8) is 0 Å². The van der Waals surface area contributed by atoms with Crippen LogP contribution < -0.4 is 5.32 Å². The van der Waals surface area contributed by atoms with Crippen molar-refractivity contribution in [2.75, 3.05) is 5.32 Å². The molecule has 1 aromatic rings. The van der Waals surface area contributed by atoms with Crippen molar-refractivity contribution in [2.24, 2.45) is 11.8 Å². The van der Waals surface area contributed by atoms with Gasteiger partial charge in [-0.05, 0) is 46.5 Å². The molecule has 0 radical (unpaired) electrons. The summed E-state index contributed by atoms with van der Waals surface area (Å²) >= 11 is 9.22. The van der Waals surface area contributed by atoms with Gasteiger partial charge in [0.2, 0.25) is 5.91 Å². The maximum absolute atomic E-state index is 11.6. The minimum Gasteiger partial charge on any atom is -0.326 e. The van der Waals surface area contributed by atoms with Gasteiger partial charge in [-0.3, -0.25) is 4.79 Å². The van der Waals surface area contributed by atoms with E-state index in [1.54, 1.807) is 6.07 Å². The van der Waals surface area contributed by atoms with Crippen LogP contribution in [0.15, 0.2) is 22.7 Å². The lowest BCUT2D eigenvalue weighted by molar-refractivity contribution is -0.117. The lowest BCUT2D eigenvalue weighted by atomic mass is 10.3. The normalized spacial score (nSPS) is 23.7. The molecule has 80 valence electrons. The molecule has 0 aliphatic heterocycles. The van der Waals surface area contributed by atoms with E-state index in [-0.39, 0.29) is 11.8 Å². The minimum atomic E-state index is 0.0980. The zero-order valence-electron chi connectivity index (χ0n) is 8.26. The number of benzene rings is 1. The van der Waals surface area contributed by atoms with Gasteiger partial charge in [0, 0.05) is 16.1 Å². The van der Waals surface area contributed by atoms with Crippen LogP contribution in [0.3, 0.4) is 0 Å². The van der Waals surface area contributed by atoms with E-state index < -0.39 is 0 Å². The molecule has 0 unspecified atom stereocenters. The molecule has 0 spiro atoms. The second-order valence-corrected chi connectivity index (χ2v) is 5.20. The molecular formula is C11H11BrClNO. The highest BCUT2D eigenvalue weighted by molar-refractivity contribution is 9.10. The lowest BCUT2D eigenvalue weighted by Gasteiger charge is -2.05. The second-order valence-electron chi connectivity index (χ2n) is 3.94. The fraction of sp³-hybridized carbons (Fsp3) is 0.364. The molecule has 0 bridgehead atoms. The van der Waals surface area contributed by atoms with Crippen molar-refractivity contribution in [1.82, 2.24) is 0 Å². The molecule has 0 saturated heterocycles. The van der Waals surface area contributed by atoms with Gasteiger partial charge in [-0.2, -0.15) is 0 Å². The van der Waals surface area contributed by atoms with E-state index in [0.717, 1.165) is 16.6 Å². The van der Waals surface area contributed by atoms with Crippen molar-refractivity contribution >= 4 is 39.1 Å². The number of anilines is 1. The van der Waals surface area contributed by atoms with E-state index in [1.165, 1.54) is 0 Å². The van der Waals surface area contributed by atoms with E-state index in [2.05, 4.69) is 28.2 Å². The average Bonchev–Trinajstić information content (AvgIpc) is 2.89. The molecule has 1 fully saturated rings. The first-order valence-electron chi connectivity index (χ1n) is 4.84. The van der Waals surface area contributed by atoms with Crippen LogP contribution >= 0.6 is 27.5 Å². The van der Waals surface area contributed by atoms with Crippen molar-refractivity contribution in [3.05, 3.63) is 27.7 Å². The number of carbonyl (C=O) groups excluding carboxylic acids is 1. The Morgan fingerprint density at radius 2 is 2.27 bits per heavy atom. The molecule has 1 N–H and O–H groups in total. The van der Waals surface area contributed by atoms with Crippen LogP contribution in [0.25, 0.3) is 0 Å². The van der Waals surface area contributed by atoms with E-state index in [9.17, 15) is 4.79 Å². The first-order chi connectivity index (χ1) is 7.08. The van der Waals surface area contributed by atoms with E-state index >= 15 is 0 Å². The van der Waals surface area contributed by atoms with E-state index in [0.29, 0.717) is 10.9 Å². The predicted octanol–water partition coefficient (Wildman–Crippen LogP) is 3.70. The summed E-state index contributed by atoms with van der Waals surface area (Å²) < 4.78 is 0.835. The fourth-order valence-electron chi connectivity index (χ4n) is 1.50. The highest BCUT2D eigenvalue weighted by Gasteiger charge is 2.39. The van der Waals surface area contributed by atoms with Crippen LogP contribution in [0.1, 0.15) is 13.3 Å². The molecule has 2 rings (SSSR count). The number of nitrogens with one attached hydrogen (secondary N) is 1. The minimum absolute atomic E-state index is 0.0980. The van der Waals surface area contributed by atoms with Crippen molar-refractivity contribution in [2.45, 2.75) is 13.3 Å². The van der Waals surface area contributed by atoms with Crippen molar-refractivity contribution in [1.29, 1.82) is 0 Å². The summed E-state index contributed by atoms with van der Waals surface area (Å²) in [6.07, 6.45) is 0.996. The smallest absolute Gasteiger partial charge is 0.227 e. The van der Waals surface area contributed by atoms with Crippen LogP contribution in [-0.4, -0.2) is 5.91 Å². The molecule has 4 heteroatoms. The topological polar surface area (TPSA) is 29.1 Å². The third-order valence-corrected chi connectivity index (χ3v) is 3.87. The molecule has 2 atom stereocenters. The Labute approximate surface area is 102 Å².